The second-order valence-corrected chi connectivity index (χ2v) is 22.5. The summed E-state index contributed by atoms with van der Waals surface area (Å²) in [5.74, 6) is -4.49. The number of nitrogens with zero attached hydrogens (tertiary/aromatic N) is 7. The highest BCUT2D eigenvalue weighted by Gasteiger charge is 2.49. The lowest BCUT2D eigenvalue weighted by molar-refractivity contribution is -0.148. The van der Waals surface area contributed by atoms with E-state index in [2.05, 4.69) is 30.6 Å². The number of aromatic nitrogens is 3. The van der Waals surface area contributed by atoms with Gasteiger partial charge < -0.3 is 29.9 Å². The van der Waals surface area contributed by atoms with E-state index in [9.17, 15) is 42.0 Å². The number of aryl methyl sites for hydroxylation is 1. The summed E-state index contributed by atoms with van der Waals surface area (Å²) in [6, 6.07) is 5.80. The predicted molar refractivity (Wildman–Crippen MR) is 269 cm³/mol. The number of rotatable bonds is 26. The van der Waals surface area contributed by atoms with Gasteiger partial charge in [0.2, 0.25) is 33.7 Å². The smallest absolute Gasteiger partial charge is 0.256 e. The van der Waals surface area contributed by atoms with Crippen LogP contribution in [0.4, 0.5) is 0 Å². The van der Waals surface area contributed by atoms with Gasteiger partial charge in [-0.25, -0.2) is 8.42 Å². The fourth-order valence-corrected chi connectivity index (χ4v) is 12.3. The summed E-state index contributed by atoms with van der Waals surface area (Å²) in [4.78, 5) is 101. The molecule has 402 valence electrons. The summed E-state index contributed by atoms with van der Waals surface area (Å²) in [6.07, 6.45) is 7.13. The van der Waals surface area contributed by atoms with Gasteiger partial charge in [0.1, 0.15) is 17.8 Å². The van der Waals surface area contributed by atoms with E-state index in [1.54, 1.807) is 54.1 Å². The van der Waals surface area contributed by atoms with Crippen LogP contribution in [0.5, 0.6) is 0 Å². The minimum absolute atomic E-state index is 0.0264. The van der Waals surface area contributed by atoms with Gasteiger partial charge in [0.15, 0.2) is 0 Å². The van der Waals surface area contributed by atoms with Crippen LogP contribution >= 0.6 is 0 Å². The van der Waals surface area contributed by atoms with Crippen molar-refractivity contribution in [2.75, 3.05) is 40.6 Å². The van der Waals surface area contributed by atoms with E-state index in [1.165, 1.54) is 25.1 Å². The van der Waals surface area contributed by atoms with E-state index >= 15 is 0 Å². The number of benzene rings is 1. The molecule has 22 heteroatoms. The van der Waals surface area contributed by atoms with Crippen molar-refractivity contribution >= 4 is 51.4 Å². The summed E-state index contributed by atoms with van der Waals surface area (Å²) in [5.41, 5.74) is 1.00. The molecule has 0 unspecified atom stereocenters. The van der Waals surface area contributed by atoms with Crippen molar-refractivity contribution in [3.05, 3.63) is 59.9 Å². The molecule has 1 aromatic heterocycles. The lowest BCUT2D eigenvalue weighted by Gasteiger charge is -2.41. The molecule has 1 aromatic carbocycles. The number of ether oxygens (including phenoxy) is 2. The molecular weight excluding hydrogens is 961 g/mol. The van der Waals surface area contributed by atoms with E-state index < -0.39 is 81.7 Å². The van der Waals surface area contributed by atoms with E-state index in [4.69, 9.17) is 9.47 Å². The first kappa shape index (κ1) is 56.7. The molecule has 21 nitrogen and oxygen atoms in total. The molecule has 2 aromatic rings. The summed E-state index contributed by atoms with van der Waals surface area (Å²) in [7, 11) is 2.47. The third kappa shape index (κ3) is 13.8. The molecule has 2 bridgehead atoms. The molecule has 4 aliphatic rings. The van der Waals surface area contributed by atoms with Crippen molar-refractivity contribution in [2.24, 2.45) is 23.7 Å². The van der Waals surface area contributed by atoms with Crippen molar-refractivity contribution in [3.8, 4) is 0 Å². The molecule has 2 saturated heterocycles. The fourth-order valence-electron chi connectivity index (χ4n) is 11.2. The maximum absolute atomic E-state index is 14.5. The van der Waals surface area contributed by atoms with Crippen molar-refractivity contribution in [3.63, 3.8) is 0 Å². The minimum Gasteiger partial charge on any atom is -0.379 e. The fraction of sp³-hybridized carbons (Fsp3) is 0.667. The van der Waals surface area contributed by atoms with Crippen molar-refractivity contribution < 1.29 is 51.5 Å². The normalized spacial score (nSPS) is 22.8. The number of amides is 7. The van der Waals surface area contributed by atoms with Crippen molar-refractivity contribution in [2.45, 2.75) is 154 Å². The average Bonchev–Trinajstić information content (AvgIpc) is 4.23. The third-order valence-electron chi connectivity index (χ3n) is 15.4. The molecule has 0 radical (unpaired) electrons. The number of piperidine rings is 1. The third-order valence-corrected chi connectivity index (χ3v) is 16.8. The van der Waals surface area contributed by atoms with Gasteiger partial charge in [-0.1, -0.05) is 76.6 Å². The molecule has 4 heterocycles. The lowest BCUT2D eigenvalue weighted by atomic mass is 9.89. The number of likely N-dealkylation sites (N-methyl/N-ethyl adjacent to an activating group) is 2. The largest absolute Gasteiger partial charge is 0.379 e. The molecule has 3 fully saturated rings. The number of nitrogens with one attached hydrogen (secondary N) is 3. The number of sulfonamides is 1. The zero-order chi connectivity index (χ0) is 53.3. The zero-order valence-corrected chi connectivity index (χ0v) is 44.6. The maximum atomic E-state index is 14.5. The molecule has 7 amide bonds. The number of likely N-dealkylation sites (tertiary alicyclic amines) is 2. The lowest BCUT2D eigenvalue weighted by Crippen LogP contribution is -2.60. The van der Waals surface area contributed by atoms with Crippen LogP contribution < -0.4 is 15.4 Å². The Kier molecular flexibility index (Phi) is 19.5. The Labute approximate surface area is 429 Å². The predicted octanol–water partition coefficient (Wildman–Crippen LogP) is 1.81. The molecule has 1 saturated carbocycles. The van der Waals surface area contributed by atoms with E-state index in [0.717, 1.165) is 36.3 Å². The Morgan fingerprint density at radius 3 is 2.25 bits per heavy atom. The van der Waals surface area contributed by atoms with Crippen LogP contribution in [0.3, 0.4) is 0 Å². The van der Waals surface area contributed by atoms with Crippen LogP contribution in [-0.4, -0.2) is 173 Å². The van der Waals surface area contributed by atoms with Crippen LogP contribution in [0.2, 0.25) is 0 Å². The SMILES string of the molecule is CC[C@H](C)[C@@H]([C@@H](CC(=O)N1CCC[C@H]1[C@H](OC)[C@@H](C)C(=O)N[C@@H](Cc1ccccc1)C(=O)NS(=O)(=O)CCCn1cc(CN2C(=O)C=CC2=O)nn1)OC)N(C)C(=O)[C@@H](NC(=O)[C@@H]1[C@@H]2CC[C@H](C2)N1C)C(C)C. The Morgan fingerprint density at radius 1 is 0.932 bits per heavy atom. The Hall–Kier alpha value is -5.58. The highest BCUT2D eigenvalue weighted by atomic mass is 32.2. The molecule has 6 rings (SSSR count). The van der Waals surface area contributed by atoms with Gasteiger partial charge in [-0.15, -0.1) is 5.10 Å². The molecule has 1 aliphatic carbocycles. The summed E-state index contributed by atoms with van der Waals surface area (Å²) in [5, 5.41) is 13.8. The van der Waals surface area contributed by atoms with Gasteiger partial charge in [-0.3, -0.25) is 52.8 Å². The molecule has 73 heavy (non-hydrogen) atoms. The Bertz CT molecular complexity index is 2410. The molecule has 0 spiro atoms. The molecule has 11 atom stereocenters. The molecule has 3 N–H and O–H groups in total. The number of methoxy groups -OCH3 is 2. The zero-order valence-electron chi connectivity index (χ0n) is 43.8. The van der Waals surface area contributed by atoms with Gasteiger partial charge in [-0.2, -0.15) is 0 Å². The van der Waals surface area contributed by atoms with Crippen molar-refractivity contribution in [1.82, 2.24) is 49.9 Å². The first-order valence-corrected chi connectivity index (χ1v) is 27.3. The van der Waals surface area contributed by atoms with Crippen LogP contribution in [0.15, 0.2) is 48.7 Å². The van der Waals surface area contributed by atoms with E-state index in [-0.39, 0.29) is 73.9 Å². The number of hydrogen-bond acceptors (Lipinski definition) is 14. The van der Waals surface area contributed by atoms with Crippen LogP contribution in [0, 0.1) is 23.7 Å². The van der Waals surface area contributed by atoms with Crippen LogP contribution in [-0.2, 0) is 72.6 Å². The highest BCUT2D eigenvalue weighted by Crippen LogP contribution is 2.41. The number of carbonyl (C=O) groups excluding carboxylic acids is 7. The van der Waals surface area contributed by atoms with Gasteiger partial charge >= 0.3 is 0 Å². The summed E-state index contributed by atoms with van der Waals surface area (Å²) >= 11 is 0. The van der Waals surface area contributed by atoms with Crippen LogP contribution in [0.1, 0.15) is 97.2 Å². The van der Waals surface area contributed by atoms with E-state index in [1.807, 2.05) is 34.7 Å². The number of carbonyl (C=O) groups is 7. The van der Waals surface area contributed by atoms with Gasteiger partial charge in [0, 0.05) is 59.0 Å². The van der Waals surface area contributed by atoms with Crippen LogP contribution in [0.25, 0.3) is 0 Å². The minimum atomic E-state index is -4.21. The quantitative estimate of drug-likeness (QED) is 0.114. The standard InChI is InChI=1S/C51H76N10O11S/c1-10-32(4)45(58(7)51(68)44(31(2)3)53-50(67)46-35-19-20-37(27-35)57(46)6)40(71-8)28-43(64)60-24-14-18-39(60)47(72-9)33(5)48(65)52-38(26-34-16-12-11-13-17-34)49(66)55-73(69,70)25-15-23-59-29-36(54-56-59)30-61-41(62)21-22-42(61)63/h11-13,16-17,21-22,29,31-33,35,37-40,44-47H,10,14-15,18-20,23-28,30H2,1-9H3,(H,52,65)(H,53,67)(H,55,66)/t32-,33+,35+,37+,38-,39-,40+,44-,45-,46-,47+/m0/s1. The summed E-state index contributed by atoms with van der Waals surface area (Å²) in [6.45, 7) is 9.90. The van der Waals surface area contributed by atoms with E-state index in [0.29, 0.717) is 43.1 Å². The second kappa shape index (κ2) is 25.1. The Morgan fingerprint density at radius 2 is 1.63 bits per heavy atom. The number of imide groups is 1. The number of fused-ring (bicyclic) bond motifs is 2. The van der Waals surface area contributed by atoms with Crippen molar-refractivity contribution in [1.29, 1.82) is 0 Å². The number of hydrogen-bond donors (Lipinski definition) is 3. The topological polar surface area (TPSA) is 252 Å². The van der Waals surface area contributed by atoms with Gasteiger partial charge in [0.05, 0.1) is 61.2 Å². The maximum Gasteiger partial charge on any atom is 0.256 e. The molecule has 3 aliphatic heterocycles. The average molecular weight is 1040 g/mol. The van der Waals surface area contributed by atoms with Gasteiger partial charge in [0.25, 0.3) is 17.7 Å². The van der Waals surface area contributed by atoms with Gasteiger partial charge in [-0.05, 0) is 68.9 Å². The first-order valence-electron chi connectivity index (χ1n) is 25.6. The Balaban J connectivity index is 1.08. The first-order chi connectivity index (χ1) is 34.7. The second-order valence-electron chi connectivity index (χ2n) is 20.6. The monoisotopic (exact) mass is 1040 g/mol. The summed E-state index contributed by atoms with van der Waals surface area (Å²) < 4.78 is 42.2. The molecular formula is C51H76N10O11S. The highest BCUT2D eigenvalue weighted by molar-refractivity contribution is 7.90.